The molecule has 1 heterocycles. The predicted molar refractivity (Wildman–Crippen MR) is 140 cm³/mol. The Morgan fingerprint density at radius 2 is 1.74 bits per heavy atom. The second kappa shape index (κ2) is 11.1. The van der Waals surface area contributed by atoms with E-state index in [-0.39, 0.29) is 23.5 Å². The van der Waals surface area contributed by atoms with Gasteiger partial charge in [-0.15, -0.1) is 11.8 Å². The van der Waals surface area contributed by atoms with Gasteiger partial charge in [0.05, 0.1) is 24.1 Å². The third kappa shape index (κ3) is 6.02. The molecule has 3 aromatic rings. The van der Waals surface area contributed by atoms with Crippen molar-refractivity contribution in [1.82, 2.24) is 0 Å². The summed E-state index contributed by atoms with van der Waals surface area (Å²) in [6, 6.07) is 20.0. The molecular formula is C27H27N3O4S. The zero-order chi connectivity index (χ0) is 24.8. The number of amides is 3. The third-order valence-corrected chi connectivity index (χ3v) is 6.70. The summed E-state index contributed by atoms with van der Waals surface area (Å²) in [7, 11) is 1.56. The van der Waals surface area contributed by atoms with Crippen molar-refractivity contribution >= 4 is 46.5 Å². The first-order chi connectivity index (χ1) is 16.9. The van der Waals surface area contributed by atoms with E-state index in [4.69, 9.17) is 4.74 Å². The summed E-state index contributed by atoms with van der Waals surface area (Å²) in [5.74, 6) is 0.341. The van der Waals surface area contributed by atoms with Gasteiger partial charge < -0.3 is 20.3 Å². The van der Waals surface area contributed by atoms with Crippen molar-refractivity contribution in [2.24, 2.45) is 0 Å². The number of methoxy groups -OCH3 is 1. The second-order valence-electron chi connectivity index (χ2n) is 8.19. The number of anilines is 3. The van der Waals surface area contributed by atoms with Gasteiger partial charge in [-0.2, -0.15) is 0 Å². The van der Waals surface area contributed by atoms with E-state index in [1.54, 1.807) is 42.3 Å². The Kier molecular flexibility index (Phi) is 7.72. The molecule has 8 heteroatoms. The maximum Gasteiger partial charge on any atom is 0.256 e. The van der Waals surface area contributed by atoms with Gasteiger partial charge in [0.15, 0.2) is 0 Å². The van der Waals surface area contributed by atoms with Crippen LogP contribution in [0, 0.1) is 6.92 Å². The lowest BCUT2D eigenvalue weighted by Gasteiger charge is -2.20. The first-order valence-corrected chi connectivity index (χ1v) is 12.3. The van der Waals surface area contributed by atoms with Crippen LogP contribution in [0.25, 0.3) is 0 Å². The van der Waals surface area contributed by atoms with Crippen molar-refractivity contribution < 1.29 is 19.1 Å². The van der Waals surface area contributed by atoms with Crippen LogP contribution >= 0.6 is 11.8 Å². The summed E-state index contributed by atoms with van der Waals surface area (Å²) in [4.78, 5) is 40.2. The van der Waals surface area contributed by atoms with Crippen molar-refractivity contribution in [3.63, 3.8) is 0 Å². The van der Waals surface area contributed by atoms with Crippen LogP contribution in [0.5, 0.6) is 5.75 Å². The van der Waals surface area contributed by atoms with Crippen LogP contribution in [0.1, 0.15) is 28.8 Å². The molecule has 180 valence electrons. The van der Waals surface area contributed by atoms with Gasteiger partial charge in [-0.05, 0) is 55.8 Å². The van der Waals surface area contributed by atoms with E-state index in [0.29, 0.717) is 40.5 Å². The normalized spacial score (nSPS) is 13.0. The standard InChI is InChI=1S/C27H27N3O4S/c1-18-9-11-19(12-10-18)28-25(31)17-35-24-7-4-3-6-21(24)27(33)29-20-13-14-23(34-2)22(16-20)30-15-5-8-26(30)32/h3-4,6-7,9-14,16H,5,8,15,17H2,1-2H3,(H,28,31)(H,29,33). The molecule has 3 amide bonds. The minimum absolute atomic E-state index is 0.0393. The number of nitrogens with one attached hydrogen (secondary N) is 2. The summed E-state index contributed by atoms with van der Waals surface area (Å²) in [6.45, 7) is 2.61. The van der Waals surface area contributed by atoms with E-state index in [0.717, 1.165) is 17.7 Å². The minimum Gasteiger partial charge on any atom is -0.495 e. The molecule has 4 rings (SSSR count). The molecule has 0 aliphatic carbocycles. The highest BCUT2D eigenvalue weighted by molar-refractivity contribution is 8.00. The number of aryl methyl sites for hydroxylation is 1. The predicted octanol–water partition coefficient (Wildman–Crippen LogP) is 5.11. The monoisotopic (exact) mass is 489 g/mol. The van der Waals surface area contributed by atoms with Gasteiger partial charge in [0.1, 0.15) is 5.75 Å². The number of benzene rings is 3. The molecule has 0 aromatic heterocycles. The van der Waals surface area contributed by atoms with Gasteiger partial charge in [0.2, 0.25) is 11.8 Å². The molecule has 1 saturated heterocycles. The summed E-state index contributed by atoms with van der Waals surface area (Å²) in [5, 5.41) is 5.79. The second-order valence-corrected chi connectivity index (χ2v) is 9.21. The Morgan fingerprint density at radius 1 is 1.00 bits per heavy atom. The van der Waals surface area contributed by atoms with Crippen molar-refractivity contribution in [3.05, 3.63) is 77.9 Å². The van der Waals surface area contributed by atoms with Crippen LogP contribution in [0.2, 0.25) is 0 Å². The SMILES string of the molecule is COc1ccc(NC(=O)c2ccccc2SCC(=O)Nc2ccc(C)cc2)cc1N1CCCC1=O. The number of carbonyl (C=O) groups excluding carboxylic acids is 3. The van der Waals surface area contributed by atoms with Gasteiger partial charge >= 0.3 is 0 Å². The Hall–Kier alpha value is -3.78. The van der Waals surface area contributed by atoms with E-state index in [1.807, 2.05) is 43.3 Å². The van der Waals surface area contributed by atoms with E-state index >= 15 is 0 Å². The van der Waals surface area contributed by atoms with E-state index in [9.17, 15) is 14.4 Å². The molecule has 0 unspecified atom stereocenters. The van der Waals surface area contributed by atoms with Gasteiger partial charge in [0.25, 0.3) is 5.91 Å². The van der Waals surface area contributed by atoms with Crippen LogP contribution in [-0.4, -0.2) is 37.1 Å². The molecule has 7 nitrogen and oxygen atoms in total. The molecule has 0 saturated carbocycles. The number of nitrogens with zero attached hydrogens (tertiary/aromatic N) is 1. The van der Waals surface area contributed by atoms with E-state index in [1.165, 1.54) is 11.8 Å². The fraction of sp³-hybridized carbons (Fsp3) is 0.222. The van der Waals surface area contributed by atoms with Gasteiger partial charge in [-0.3, -0.25) is 14.4 Å². The van der Waals surface area contributed by atoms with Crippen molar-refractivity contribution in [2.45, 2.75) is 24.7 Å². The summed E-state index contributed by atoms with van der Waals surface area (Å²) >= 11 is 1.30. The molecular weight excluding hydrogens is 462 g/mol. The molecule has 35 heavy (non-hydrogen) atoms. The average Bonchev–Trinajstić information content (AvgIpc) is 3.30. The highest BCUT2D eigenvalue weighted by atomic mass is 32.2. The zero-order valence-electron chi connectivity index (χ0n) is 19.7. The van der Waals surface area contributed by atoms with E-state index < -0.39 is 0 Å². The maximum atomic E-state index is 13.1. The van der Waals surface area contributed by atoms with E-state index in [2.05, 4.69) is 10.6 Å². The Bertz CT molecular complexity index is 1240. The molecule has 2 N–H and O–H groups in total. The molecule has 0 radical (unpaired) electrons. The van der Waals surface area contributed by atoms with Crippen molar-refractivity contribution in [3.8, 4) is 5.75 Å². The molecule has 0 bridgehead atoms. The molecule has 1 fully saturated rings. The first kappa shape index (κ1) is 24.3. The molecule has 1 aliphatic heterocycles. The van der Waals surface area contributed by atoms with Crippen LogP contribution in [0.15, 0.2) is 71.6 Å². The van der Waals surface area contributed by atoms with Crippen LogP contribution < -0.4 is 20.3 Å². The minimum atomic E-state index is -0.295. The lowest BCUT2D eigenvalue weighted by molar-refractivity contribution is -0.117. The fourth-order valence-corrected chi connectivity index (χ4v) is 4.69. The highest BCUT2D eigenvalue weighted by Gasteiger charge is 2.25. The summed E-state index contributed by atoms with van der Waals surface area (Å²) in [6.07, 6.45) is 1.29. The van der Waals surface area contributed by atoms with Crippen LogP contribution in [-0.2, 0) is 9.59 Å². The van der Waals surface area contributed by atoms with Gasteiger partial charge in [0, 0.05) is 29.2 Å². The van der Waals surface area contributed by atoms with Gasteiger partial charge in [-0.25, -0.2) is 0 Å². The molecule has 0 atom stereocenters. The Morgan fingerprint density at radius 3 is 2.46 bits per heavy atom. The lowest BCUT2D eigenvalue weighted by atomic mass is 10.2. The van der Waals surface area contributed by atoms with Crippen molar-refractivity contribution in [1.29, 1.82) is 0 Å². The summed E-state index contributed by atoms with van der Waals surface area (Å²) in [5.41, 5.74) is 3.52. The first-order valence-electron chi connectivity index (χ1n) is 11.3. The number of thioether (sulfide) groups is 1. The smallest absolute Gasteiger partial charge is 0.256 e. The maximum absolute atomic E-state index is 13.1. The molecule has 1 aliphatic rings. The largest absolute Gasteiger partial charge is 0.495 e. The number of hydrogen-bond acceptors (Lipinski definition) is 5. The van der Waals surface area contributed by atoms with Gasteiger partial charge in [-0.1, -0.05) is 29.8 Å². The van der Waals surface area contributed by atoms with Crippen LogP contribution in [0.3, 0.4) is 0 Å². The number of rotatable bonds is 8. The molecule has 3 aromatic carbocycles. The summed E-state index contributed by atoms with van der Waals surface area (Å²) < 4.78 is 5.42. The average molecular weight is 490 g/mol. The third-order valence-electron chi connectivity index (χ3n) is 5.63. The topological polar surface area (TPSA) is 87.7 Å². The quantitative estimate of drug-likeness (QED) is 0.429. The fourth-order valence-electron chi connectivity index (χ4n) is 3.84. The molecule has 0 spiro atoms. The van der Waals surface area contributed by atoms with Crippen LogP contribution in [0.4, 0.5) is 17.1 Å². The lowest BCUT2D eigenvalue weighted by Crippen LogP contribution is -2.24. The number of ether oxygens (including phenoxy) is 1. The number of hydrogen-bond donors (Lipinski definition) is 2. The Balaban J connectivity index is 1.44. The van der Waals surface area contributed by atoms with Crippen molar-refractivity contribution in [2.75, 3.05) is 34.9 Å². The Labute approximate surface area is 208 Å². The highest BCUT2D eigenvalue weighted by Crippen LogP contribution is 2.34. The number of carbonyl (C=O) groups is 3. The zero-order valence-corrected chi connectivity index (χ0v) is 20.5.